The minimum Gasteiger partial charge on any atom is -0.329 e. The molecule has 0 aliphatic carbocycles. The molecule has 1 atom stereocenters. The van der Waals surface area contributed by atoms with Crippen LogP contribution in [0, 0.1) is 0 Å². The van der Waals surface area contributed by atoms with Crippen molar-refractivity contribution in [2.75, 3.05) is 18.0 Å². The van der Waals surface area contributed by atoms with Crippen LogP contribution in [0.3, 0.4) is 0 Å². The summed E-state index contributed by atoms with van der Waals surface area (Å²) in [5.74, 6) is -0.121. The van der Waals surface area contributed by atoms with Gasteiger partial charge in [-0.05, 0) is 25.0 Å². The van der Waals surface area contributed by atoms with Crippen molar-refractivity contribution in [1.29, 1.82) is 0 Å². The average molecular weight is 271 g/mol. The van der Waals surface area contributed by atoms with Gasteiger partial charge in [-0.3, -0.25) is 9.69 Å². The quantitative estimate of drug-likeness (QED) is 0.890. The molecular formula is C15H17N3O2. The highest BCUT2D eigenvalue weighted by Gasteiger charge is 2.39. The lowest BCUT2D eigenvalue weighted by molar-refractivity contribution is -0.125. The lowest BCUT2D eigenvalue weighted by Crippen LogP contribution is -2.51. The first-order valence-electron chi connectivity index (χ1n) is 6.78. The standard InChI is InChI=1S/C15H17N3O2/c1-11-7-8-13(14(19)16-11)18-10-9-17(15(18)20)12-5-3-2-4-6-12/h2-6,13H,1,7-10H2,(H,16,19). The summed E-state index contributed by atoms with van der Waals surface area (Å²) in [4.78, 5) is 27.9. The fourth-order valence-electron chi connectivity index (χ4n) is 2.75. The molecule has 0 saturated carbocycles. The van der Waals surface area contributed by atoms with E-state index >= 15 is 0 Å². The fraction of sp³-hybridized carbons (Fsp3) is 0.333. The van der Waals surface area contributed by atoms with Crippen molar-refractivity contribution in [3.8, 4) is 0 Å². The van der Waals surface area contributed by atoms with Gasteiger partial charge in [-0.25, -0.2) is 4.79 Å². The van der Waals surface area contributed by atoms with E-state index in [4.69, 9.17) is 0 Å². The zero-order chi connectivity index (χ0) is 14.1. The maximum absolute atomic E-state index is 12.5. The molecule has 2 saturated heterocycles. The maximum Gasteiger partial charge on any atom is 0.325 e. The van der Waals surface area contributed by atoms with E-state index in [1.54, 1.807) is 9.80 Å². The van der Waals surface area contributed by atoms with Crippen LogP contribution in [0.25, 0.3) is 0 Å². The van der Waals surface area contributed by atoms with E-state index in [0.29, 0.717) is 19.5 Å². The number of piperidine rings is 1. The minimum atomic E-state index is -0.373. The second-order valence-corrected chi connectivity index (χ2v) is 5.11. The summed E-state index contributed by atoms with van der Waals surface area (Å²) in [6.07, 6.45) is 1.38. The molecule has 0 bridgehead atoms. The molecule has 2 fully saturated rings. The van der Waals surface area contributed by atoms with E-state index in [2.05, 4.69) is 11.9 Å². The largest absolute Gasteiger partial charge is 0.329 e. The summed E-state index contributed by atoms with van der Waals surface area (Å²) < 4.78 is 0. The van der Waals surface area contributed by atoms with E-state index in [9.17, 15) is 9.59 Å². The summed E-state index contributed by atoms with van der Waals surface area (Å²) in [6, 6.07) is 9.08. The fourth-order valence-corrected chi connectivity index (χ4v) is 2.75. The Morgan fingerprint density at radius 1 is 1.15 bits per heavy atom. The number of hydrogen-bond donors (Lipinski definition) is 1. The van der Waals surface area contributed by atoms with Gasteiger partial charge in [-0.1, -0.05) is 24.8 Å². The molecular weight excluding hydrogens is 254 g/mol. The van der Waals surface area contributed by atoms with Gasteiger partial charge in [-0.2, -0.15) is 0 Å². The molecule has 5 nitrogen and oxygen atoms in total. The van der Waals surface area contributed by atoms with Crippen LogP contribution in [0.4, 0.5) is 10.5 Å². The van der Waals surface area contributed by atoms with Gasteiger partial charge in [0.2, 0.25) is 5.91 Å². The van der Waals surface area contributed by atoms with Gasteiger partial charge in [-0.15, -0.1) is 0 Å². The Morgan fingerprint density at radius 3 is 2.60 bits per heavy atom. The molecule has 20 heavy (non-hydrogen) atoms. The Bertz CT molecular complexity index is 555. The summed E-state index contributed by atoms with van der Waals surface area (Å²) in [6.45, 7) is 4.96. The molecule has 3 amide bonds. The van der Waals surface area contributed by atoms with E-state index in [-0.39, 0.29) is 18.0 Å². The number of hydrogen-bond acceptors (Lipinski definition) is 2. The summed E-state index contributed by atoms with van der Waals surface area (Å²) in [5.41, 5.74) is 1.61. The number of benzene rings is 1. The number of amides is 3. The normalized spacial score (nSPS) is 23.2. The Kier molecular flexibility index (Phi) is 3.18. The van der Waals surface area contributed by atoms with E-state index in [1.165, 1.54) is 0 Å². The SMILES string of the molecule is C=C1CCC(N2CCN(c3ccccc3)C2=O)C(=O)N1. The average Bonchev–Trinajstić information content (AvgIpc) is 2.82. The van der Waals surface area contributed by atoms with E-state index in [0.717, 1.165) is 17.8 Å². The number of para-hydroxylation sites is 1. The second-order valence-electron chi connectivity index (χ2n) is 5.11. The molecule has 1 aromatic carbocycles. The van der Waals surface area contributed by atoms with Crippen molar-refractivity contribution in [2.45, 2.75) is 18.9 Å². The Labute approximate surface area is 117 Å². The van der Waals surface area contributed by atoms with E-state index < -0.39 is 0 Å². The monoisotopic (exact) mass is 271 g/mol. The number of allylic oxidation sites excluding steroid dienone is 1. The van der Waals surface area contributed by atoms with Crippen molar-refractivity contribution in [3.05, 3.63) is 42.6 Å². The second kappa shape index (κ2) is 5.00. The van der Waals surface area contributed by atoms with Gasteiger partial charge in [0.05, 0.1) is 0 Å². The molecule has 1 unspecified atom stereocenters. The van der Waals surface area contributed by atoms with Crippen molar-refractivity contribution in [1.82, 2.24) is 10.2 Å². The molecule has 2 aliphatic rings. The van der Waals surface area contributed by atoms with Crippen LogP contribution >= 0.6 is 0 Å². The zero-order valence-corrected chi connectivity index (χ0v) is 11.2. The van der Waals surface area contributed by atoms with Crippen LogP contribution in [0.5, 0.6) is 0 Å². The van der Waals surface area contributed by atoms with E-state index in [1.807, 2.05) is 30.3 Å². The molecule has 0 radical (unpaired) electrons. The molecule has 2 heterocycles. The number of anilines is 1. The van der Waals surface area contributed by atoms with Crippen LogP contribution in [0.1, 0.15) is 12.8 Å². The smallest absolute Gasteiger partial charge is 0.325 e. The lowest BCUT2D eigenvalue weighted by atomic mass is 10.0. The third-order valence-corrected chi connectivity index (χ3v) is 3.81. The van der Waals surface area contributed by atoms with Gasteiger partial charge >= 0.3 is 6.03 Å². The predicted molar refractivity (Wildman–Crippen MR) is 76.2 cm³/mol. The Balaban J connectivity index is 1.76. The Morgan fingerprint density at radius 2 is 1.90 bits per heavy atom. The predicted octanol–water partition coefficient (Wildman–Crippen LogP) is 1.72. The number of urea groups is 1. The summed E-state index contributed by atoms with van der Waals surface area (Å²) in [7, 11) is 0. The highest BCUT2D eigenvalue weighted by Crippen LogP contribution is 2.24. The minimum absolute atomic E-state index is 0.0936. The first-order valence-corrected chi connectivity index (χ1v) is 6.78. The van der Waals surface area contributed by atoms with Gasteiger partial charge in [0.15, 0.2) is 0 Å². The number of nitrogens with one attached hydrogen (secondary N) is 1. The van der Waals surface area contributed by atoms with Gasteiger partial charge in [0.1, 0.15) is 6.04 Å². The summed E-state index contributed by atoms with van der Waals surface area (Å²) >= 11 is 0. The molecule has 2 aliphatic heterocycles. The van der Waals surface area contributed by atoms with Crippen LogP contribution < -0.4 is 10.2 Å². The molecule has 5 heteroatoms. The van der Waals surface area contributed by atoms with Crippen molar-refractivity contribution < 1.29 is 9.59 Å². The van der Waals surface area contributed by atoms with Crippen LogP contribution in [-0.2, 0) is 4.79 Å². The molecule has 0 aromatic heterocycles. The maximum atomic E-state index is 12.5. The highest BCUT2D eigenvalue weighted by molar-refractivity contribution is 5.98. The lowest BCUT2D eigenvalue weighted by Gasteiger charge is -2.30. The third kappa shape index (κ3) is 2.15. The molecule has 1 aromatic rings. The van der Waals surface area contributed by atoms with Gasteiger partial charge < -0.3 is 10.2 Å². The topological polar surface area (TPSA) is 52.7 Å². The number of carbonyl (C=O) groups is 2. The van der Waals surface area contributed by atoms with Gasteiger partial charge in [0, 0.05) is 24.5 Å². The third-order valence-electron chi connectivity index (χ3n) is 3.81. The first kappa shape index (κ1) is 12.7. The van der Waals surface area contributed by atoms with Crippen LogP contribution in [-0.4, -0.2) is 36.0 Å². The van der Waals surface area contributed by atoms with Crippen molar-refractivity contribution >= 4 is 17.6 Å². The molecule has 0 spiro atoms. The number of nitrogens with zero attached hydrogens (tertiary/aromatic N) is 2. The zero-order valence-electron chi connectivity index (χ0n) is 11.2. The highest BCUT2D eigenvalue weighted by atomic mass is 16.2. The van der Waals surface area contributed by atoms with Gasteiger partial charge in [0.25, 0.3) is 0 Å². The van der Waals surface area contributed by atoms with Crippen LogP contribution in [0.2, 0.25) is 0 Å². The number of rotatable bonds is 2. The summed E-state index contributed by atoms with van der Waals surface area (Å²) in [5, 5.41) is 2.74. The van der Waals surface area contributed by atoms with Crippen LogP contribution in [0.15, 0.2) is 42.6 Å². The Hall–Kier alpha value is -2.30. The molecule has 3 rings (SSSR count). The number of carbonyl (C=O) groups excluding carboxylic acids is 2. The van der Waals surface area contributed by atoms with Crippen molar-refractivity contribution in [2.24, 2.45) is 0 Å². The first-order chi connectivity index (χ1) is 9.66. The molecule has 104 valence electrons. The molecule has 1 N–H and O–H groups in total. The van der Waals surface area contributed by atoms with Crippen molar-refractivity contribution in [3.63, 3.8) is 0 Å².